The summed E-state index contributed by atoms with van der Waals surface area (Å²) in [4.78, 5) is 0. The standard InChI is InChI=1S/C12H15/c1-3-7-11(8-4-1)12-9-5-2-6-10-12/h1,3,7-8,12H,2,5-6,9-10H2. The Bertz CT molecular complexity index is 219. The van der Waals surface area contributed by atoms with Crippen molar-refractivity contribution in [3.8, 4) is 0 Å². The largest absolute Gasteiger partial charge is 0.0614 e. The lowest BCUT2D eigenvalue weighted by atomic mass is 9.84. The highest BCUT2D eigenvalue weighted by molar-refractivity contribution is 5.18. The molecule has 1 radical (unpaired) electrons. The fourth-order valence-corrected chi connectivity index (χ4v) is 2.10. The van der Waals surface area contributed by atoms with E-state index >= 15 is 0 Å². The fourth-order valence-electron chi connectivity index (χ4n) is 2.10. The maximum Gasteiger partial charge on any atom is -0.0162 e. The molecule has 1 aromatic carbocycles. The SMILES string of the molecule is [c]1cccc(C2CCCCC2)c1. The molecule has 0 heteroatoms. The van der Waals surface area contributed by atoms with Crippen LogP contribution in [0.4, 0.5) is 0 Å². The van der Waals surface area contributed by atoms with Crippen LogP contribution in [-0.2, 0) is 0 Å². The van der Waals surface area contributed by atoms with Gasteiger partial charge >= 0.3 is 0 Å². The molecule has 0 amide bonds. The van der Waals surface area contributed by atoms with E-state index in [9.17, 15) is 0 Å². The summed E-state index contributed by atoms with van der Waals surface area (Å²) in [5.74, 6) is 0.830. The second kappa shape index (κ2) is 3.75. The molecule has 2 rings (SSSR count). The maximum absolute atomic E-state index is 3.16. The average molecular weight is 159 g/mol. The van der Waals surface area contributed by atoms with Gasteiger partial charge in [-0.15, -0.1) is 0 Å². The summed E-state index contributed by atoms with van der Waals surface area (Å²) < 4.78 is 0. The Morgan fingerprint density at radius 1 is 1.17 bits per heavy atom. The predicted octanol–water partition coefficient (Wildman–Crippen LogP) is 3.53. The minimum absolute atomic E-state index is 0.830. The van der Waals surface area contributed by atoms with Crippen molar-refractivity contribution in [2.24, 2.45) is 0 Å². The quantitative estimate of drug-likeness (QED) is 0.588. The zero-order chi connectivity index (χ0) is 8.23. The number of hydrogen-bond donors (Lipinski definition) is 0. The Labute approximate surface area is 74.6 Å². The van der Waals surface area contributed by atoms with Gasteiger partial charge in [-0.25, -0.2) is 0 Å². The van der Waals surface area contributed by atoms with Gasteiger partial charge in [0, 0.05) is 0 Å². The summed E-state index contributed by atoms with van der Waals surface area (Å²) in [6, 6.07) is 11.6. The zero-order valence-corrected chi connectivity index (χ0v) is 7.42. The number of benzene rings is 1. The first-order valence-corrected chi connectivity index (χ1v) is 4.93. The normalized spacial score (nSPS) is 19.3. The predicted molar refractivity (Wildman–Crippen MR) is 51.1 cm³/mol. The smallest absolute Gasteiger partial charge is 0.0162 e. The van der Waals surface area contributed by atoms with Gasteiger partial charge < -0.3 is 0 Å². The van der Waals surface area contributed by atoms with Gasteiger partial charge in [0.2, 0.25) is 0 Å². The Hall–Kier alpha value is -0.780. The van der Waals surface area contributed by atoms with Crippen LogP contribution in [-0.4, -0.2) is 0 Å². The molecule has 0 unspecified atom stereocenters. The van der Waals surface area contributed by atoms with Crippen molar-refractivity contribution in [1.29, 1.82) is 0 Å². The first-order chi connectivity index (χ1) is 5.97. The molecule has 1 fully saturated rings. The Morgan fingerprint density at radius 3 is 2.67 bits per heavy atom. The average Bonchev–Trinajstić information content (AvgIpc) is 2.21. The van der Waals surface area contributed by atoms with Crippen LogP contribution in [0.2, 0.25) is 0 Å². The summed E-state index contributed by atoms with van der Waals surface area (Å²) in [6.07, 6.45) is 7.04. The van der Waals surface area contributed by atoms with Crippen LogP contribution in [0, 0.1) is 6.07 Å². The van der Waals surface area contributed by atoms with Crippen LogP contribution in [0.3, 0.4) is 0 Å². The summed E-state index contributed by atoms with van der Waals surface area (Å²) in [5.41, 5.74) is 1.50. The topological polar surface area (TPSA) is 0 Å². The first kappa shape index (κ1) is 7.85. The maximum atomic E-state index is 3.16. The van der Waals surface area contributed by atoms with Gasteiger partial charge in [-0.05, 0) is 30.4 Å². The third-order valence-electron chi connectivity index (χ3n) is 2.81. The number of rotatable bonds is 1. The van der Waals surface area contributed by atoms with Crippen LogP contribution < -0.4 is 0 Å². The van der Waals surface area contributed by atoms with Crippen LogP contribution in [0.15, 0.2) is 24.3 Å². The van der Waals surface area contributed by atoms with Gasteiger partial charge in [-0.3, -0.25) is 0 Å². The Morgan fingerprint density at radius 2 is 2.00 bits per heavy atom. The zero-order valence-electron chi connectivity index (χ0n) is 7.42. The van der Waals surface area contributed by atoms with Crippen LogP contribution in [0.25, 0.3) is 0 Å². The van der Waals surface area contributed by atoms with Crippen LogP contribution >= 0.6 is 0 Å². The molecular weight excluding hydrogens is 144 g/mol. The van der Waals surface area contributed by atoms with Gasteiger partial charge in [0.15, 0.2) is 0 Å². The molecule has 0 spiro atoms. The van der Waals surface area contributed by atoms with Crippen molar-refractivity contribution < 1.29 is 0 Å². The van der Waals surface area contributed by atoms with Gasteiger partial charge in [0.25, 0.3) is 0 Å². The van der Waals surface area contributed by atoms with E-state index in [2.05, 4.69) is 24.3 Å². The lowest BCUT2D eigenvalue weighted by Gasteiger charge is -2.21. The molecule has 0 atom stereocenters. The minimum atomic E-state index is 0.830. The molecule has 63 valence electrons. The second-order valence-corrected chi connectivity index (χ2v) is 3.67. The molecule has 1 aliphatic carbocycles. The van der Waals surface area contributed by atoms with Gasteiger partial charge in [0.05, 0.1) is 0 Å². The summed E-state index contributed by atoms with van der Waals surface area (Å²) in [6.45, 7) is 0. The lowest BCUT2D eigenvalue weighted by Crippen LogP contribution is -2.03. The summed E-state index contributed by atoms with van der Waals surface area (Å²) in [7, 11) is 0. The highest BCUT2D eigenvalue weighted by Gasteiger charge is 2.14. The molecule has 0 N–H and O–H groups in total. The third-order valence-corrected chi connectivity index (χ3v) is 2.81. The van der Waals surface area contributed by atoms with Gasteiger partial charge in [0.1, 0.15) is 0 Å². The summed E-state index contributed by atoms with van der Waals surface area (Å²) in [5, 5.41) is 0. The van der Waals surface area contributed by atoms with Crippen molar-refractivity contribution in [1.82, 2.24) is 0 Å². The monoisotopic (exact) mass is 159 g/mol. The Balaban J connectivity index is 2.08. The fraction of sp³-hybridized carbons (Fsp3) is 0.500. The van der Waals surface area contributed by atoms with E-state index in [1.807, 2.05) is 6.07 Å². The van der Waals surface area contributed by atoms with Crippen molar-refractivity contribution in [2.75, 3.05) is 0 Å². The van der Waals surface area contributed by atoms with E-state index in [0.29, 0.717) is 0 Å². The lowest BCUT2D eigenvalue weighted by molar-refractivity contribution is 0.443. The van der Waals surface area contributed by atoms with E-state index in [1.54, 1.807) is 0 Å². The third kappa shape index (κ3) is 1.69. The molecule has 1 aromatic rings. The molecule has 12 heavy (non-hydrogen) atoms. The highest BCUT2D eigenvalue weighted by Crippen LogP contribution is 2.31. The van der Waals surface area contributed by atoms with E-state index < -0.39 is 0 Å². The molecule has 0 saturated heterocycles. The van der Waals surface area contributed by atoms with Gasteiger partial charge in [-0.1, -0.05) is 43.5 Å². The molecule has 1 aliphatic rings. The van der Waals surface area contributed by atoms with Crippen LogP contribution in [0.5, 0.6) is 0 Å². The van der Waals surface area contributed by atoms with E-state index in [4.69, 9.17) is 0 Å². The number of hydrogen-bond acceptors (Lipinski definition) is 0. The van der Waals surface area contributed by atoms with Crippen molar-refractivity contribution >= 4 is 0 Å². The van der Waals surface area contributed by atoms with Crippen molar-refractivity contribution in [2.45, 2.75) is 38.0 Å². The van der Waals surface area contributed by atoms with E-state index in [1.165, 1.54) is 37.7 Å². The second-order valence-electron chi connectivity index (χ2n) is 3.67. The first-order valence-electron chi connectivity index (χ1n) is 4.93. The van der Waals surface area contributed by atoms with Crippen molar-refractivity contribution in [3.63, 3.8) is 0 Å². The van der Waals surface area contributed by atoms with E-state index in [0.717, 1.165) is 5.92 Å². The minimum Gasteiger partial charge on any atom is -0.0614 e. The van der Waals surface area contributed by atoms with Crippen molar-refractivity contribution in [3.05, 3.63) is 35.9 Å². The molecule has 0 nitrogen and oxygen atoms in total. The molecule has 0 bridgehead atoms. The Kier molecular flexibility index (Phi) is 2.45. The highest BCUT2D eigenvalue weighted by atomic mass is 14.2. The molecule has 1 saturated carbocycles. The van der Waals surface area contributed by atoms with E-state index in [-0.39, 0.29) is 0 Å². The molecular formula is C12H15. The summed E-state index contributed by atoms with van der Waals surface area (Å²) >= 11 is 0. The van der Waals surface area contributed by atoms with Crippen LogP contribution in [0.1, 0.15) is 43.6 Å². The molecule has 0 aromatic heterocycles. The van der Waals surface area contributed by atoms with Gasteiger partial charge in [-0.2, -0.15) is 0 Å². The molecule has 0 heterocycles. The molecule has 0 aliphatic heterocycles.